The van der Waals surface area contributed by atoms with Gasteiger partial charge in [-0.2, -0.15) is 48.3 Å². The summed E-state index contributed by atoms with van der Waals surface area (Å²) >= 11 is 0. The molecule has 2 aromatic carbocycles. The van der Waals surface area contributed by atoms with Crippen molar-refractivity contribution in [1.82, 2.24) is 9.97 Å². The first-order chi connectivity index (χ1) is 22.4. The van der Waals surface area contributed by atoms with E-state index in [9.17, 15) is 48.3 Å². The number of hydrogen-bond acceptors (Lipinski definition) is 4. The molecule has 0 atom stereocenters. The maximum atomic E-state index is 13.7. The van der Waals surface area contributed by atoms with Crippen LogP contribution in [0.3, 0.4) is 0 Å². The van der Waals surface area contributed by atoms with Crippen molar-refractivity contribution in [3.8, 4) is 28.4 Å². The second-order valence-electron chi connectivity index (χ2n) is 11.2. The second kappa shape index (κ2) is 16.3. The van der Waals surface area contributed by atoms with Gasteiger partial charge in [0, 0.05) is 23.7 Å². The molecule has 1 aromatic heterocycles. The maximum absolute atomic E-state index is 13.7. The summed E-state index contributed by atoms with van der Waals surface area (Å²) in [5, 5.41) is 0. The van der Waals surface area contributed by atoms with Gasteiger partial charge in [-0.05, 0) is 54.8 Å². The lowest BCUT2D eigenvalue weighted by molar-refractivity contribution is -0.424. The summed E-state index contributed by atoms with van der Waals surface area (Å²) in [6.45, 7) is -1.37. The first-order valence-corrected chi connectivity index (χ1v) is 15.3. The number of hydrogen-bond donors (Lipinski definition) is 0. The van der Waals surface area contributed by atoms with Crippen LogP contribution in [-0.2, 0) is 11.2 Å². The number of rotatable bonds is 19. The molecular formula is C33H35F11N2O2. The van der Waals surface area contributed by atoms with Crippen LogP contribution in [0.2, 0.25) is 0 Å². The molecule has 0 unspecified atom stereocenters. The average Bonchev–Trinajstić information content (AvgIpc) is 3.04. The summed E-state index contributed by atoms with van der Waals surface area (Å²) in [6, 6.07) is 16.3. The monoisotopic (exact) mass is 700 g/mol. The van der Waals surface area contributed by atoms with Gasteiger partial charge in [0.25, 0.3) is 0 Å². The van der Waals surface area contributed by atoms with E-state index >= 15 is 0 Å². The fraction of sp³-hybridized carbons (Fsp3) is 0.515. The van der Waals surface area contributed by atoms with Gasteiger partial charge in [-0.1, -0.05) is 57.2 Å². The molecule has 4 nitrogen and oxygen atoms in total. The van der Waals surface area contributed by atoms with Crippen LogP contribution in [0.5, 0.6) is 5.75 Å². The van der Waals surface area contributed by atoms with Crippen LogP contribution in [0.1, 0.15) is 57.4 Å². The van der Waals surface area contributed by atoms with Crippen molar-refractivity contribution in [2.24, 2.45) is 0 Å². The molecule has 0 fully saturated rings. The van der Waals surface area contributed by atoms with Crippen LogP contribution >= 0.6 is 0 Å². The summed E-state index contributed by atoms with van der Waals surface area (Å²) in [5.41, 5.74) is 3.53. The van der Waals surface area contributed by atoms with Crippen LogP contribution in [0.25, 0.3) is 22.6 Å². The molecule has 0 saturated heterocycles. The lowest BCUT2D eigenvalue weighted by Crippen LogP contribution is -2.67. The van der Waals surface area contributed by atoms with Gasteiger partial charge in [0.1, 0.15) is 12.4 Å². The molecule has 0 radical (unpaired) electrons. The van der Waals surface area contributed by atoms with E-state index < -0.39 is 43.1 Å². The van der Waals surface area contributed by atoms with Crippen LogP contribution < -0.4 is 4.74 Å². The Morgan fingerprint density at radius 1 is 0.646 bits per heavy atom. The molecule has 3 rings (SSSR count). The summed E-state index contributed by atoms with van der Waals surface area (Å²) in [5.74, 6) is -27.3. The molecular weight excluding hydrogens is 665 g/mol. The largest absolute Gasteiger partial charge is 0.494 e. The maximum Gasteiger partial charge on any atom is 0.460 e. The predicted molar refractivity (Wildman–Crippen MR) is 157 cm³/mol. The van der Waals surface area contributed by atoms with Gasteiger partial charge in [0.2, 0.25) is 0 Å². The molecule has 15 heteroatoms. The van der Waals surface area contributed by atoms with Crippen molar-refractivity contribution in [1.29, 1.82) is 0 Å². The zero-order valence-electron chi connectivity index (χ0n) is 25.9. The van der Waals surface area contributed by atoms with Gasteiger partial charge >= 0.3 is 29.9 Å². The van der Waals surface area contributed by atoms with Crippen molar-refractivity contribution >= 4 is 0 Å². The Hall–Kier alpha value is -3.49. The summed E-state index contributed by atoms with van der Waals surface area (Å²) in [4.78, 5) is 8.98. The Morgan fingerprint density at radius 3 is 1.98 bits per heavy atom. The second-order valence-corrected chi connectivity index (χ2v) is 11.2. The SMILES string of the molecule is CCCCCCCCc1cccc(-c2ccnc(-c3ccc(OCCCOCC(F)(F)C(F)(F)C(F)(F)C(F)(F)C(F)(F)F)cc3)n2)c1. The number of alkyl halides is 11. The van der Waals surface area contributed by atoms with Gasteiger partial charge in [-0.3, -0.25) is 0 Å². The van der Waals surface area contributed by atoms with Gasteiger partial charge in [-0.25, -0.2) is 9.97 Å². The molecule has 0 aliphatic carbocycles. The van der Waals surface area contributed by atoms with E-state index in [0.29, 0.717) is 17.1 Å². The van der Waals surface area contributed by atoms with Gasteiger partial charge in [0.15, 0.2) is 5.82 Å². The van der Waals surface area contributed by atoms with Gasteiger partial charge < -0.3 is 9.47 Å². The summed E-state index contributed by atoms with van der Waals surface area (Å²) in [6.07, 6.45) is 2.38. The Labute approximate surface area is 270 Å². The van der Waals surface area contributed by atoms with Crippen LogP contribution in [0.4, 0.5) is 48.3 Å². The number of benzene rings is 2. The zero-order chi connectivity index (χ0) is 35.6. The van der Waals surface area contributed by atoms with Crippen molar-refractivity contribution in [3.63, 3.8) is 0 Å². The van der Waals surface area contributed by atoms with Crippen LogP contribution in [0, 0.1) is 0 Å². The third-order valence-corrected chi connectivity index (χ3v) is 7.40. The minimum Gasteiger partial charge on any atom is -0.494 e. The number of nitrogens with zero attached hydrogens (tertiary/aromatic N) is 2. The highest BCUT2D eigenvalue weighted by Gasteiger charge is 2.87. The fourth-order valence-electron chi connectivity index (χ4n) is 4.60. The van der Waals surface area contributed by atoms with Gasteiger partial charge in [-0.15, -0.1) is 0 Å². The predicted octanol–water partition coefficient (Wildman–Crippen LogP) is 10.6. The highest BCUT2D eigenvalue weighted by Crippen LogP contribution is 2.57. The van der Waals surface area contributed by atoms with Crippen molar-refractivity contribution in [3.05, 3.63) is 66.4 Å². The molecule has 0 amide bonds. The quantitative estimate of drug-likeness (QED) is 0.0923. The molecule has 0 saturated carbocycles. The van der Waals surface area contributed by atoms with E-state index in [2.05, 4.69) is 33.8 Å². The molecule has 0 spiro atoms. The van der Waals surface area contributed by atoms with E-state index in [1.54, 1.807) is 36.5 Å². The number of unbranched alkanes of at least 4 members (excludes halogenated alkanes) is 5. The summed E-state index contributed by atoms with van der Waals surface area (Å²) in [7, 11) is 0. The normalized spacial score (nSPS) is 13.2. The third kappa shape index (κ3) is 9.35. The number of aromatic nitrogens is 2. The average molecular weight is 701 g/mol. The fourth-order valence-corrected chi connectivity index (χ4v) is 4.60. The zero-order valence-corrected chi connectivity index (χ0v) is 25.9. The van der Waals surface area contributed by atoms with E-state index in [4.69, 9.17) is 4.74 Å². The highest BCUT2D eigenvalue weighted by atomic mass is 19.4. The third-order valence-electron chi connectivity index (χ3n) is 7.40. The molecule has 0 bridgehead atoms. The minimum atomic E-state index is -7.45. The first kappa shape index (κ1) is 39.0. The van der Waals surface area contributed by atoms with E-state index in [1.807, 2.05) is 12.1 Å². The van der Waals surface area contributed by atoms with E-state index in [1.165, 1.54) is 37.7 Å². The molecule has 0 aliphatic heterocycles. The smallest absolute Gasteiger partial charge is 0.460 e. The molecule has 48 heavy (non-hydrogen) atoms. The molecule has 3 aromatic rings. The molecule has 266 valence electrons. The number of halogens is 11. The lowest BCUT2D eigenvalue weighted by Gasteiger charge is -2.37. The van der Waals surface area contributed by atoms with E-state index in [-0.39, 0.29) is 13.0 Å². The molecule has 0 aliphatic rings. The van der Waals surface area contributed by atoms with Crippen LogP contribution in [0.15, 0.2) is 60.8 Å². The minimum absolute atomic E-state index is 0.231. The van der Waals surface area contributed by atoms with Crippen molar-refractivity contribution < 1.29 is 57.8 Å². The Morgan fingerprint density at radius 2 is 1.31 bits per heavy atom. The summed E-state index contributed by atoms with van der Waals surface area (Å²) < 4.78 is 153. The molecule has 0 N–H and O–H groups in total. The van der Waals surface area contributed by atoms with E-state index in [0.717, 1.165) is 24.1 Å². The Balaban J connectivity index is 1.49. The standard InChI is InChI=1S/C33H35F11N2O2/c1-2-3-4-5-6-7-10-23-11-8-12-25(21-23)27-17-18-45-28(46-27)24-13-15-26(16-14-24)48-20-9-19-47-22-29(34,35)30(36,37)31(38,39)32(40,41)33(42,43)44/h8,11-18,21H,2-7,9-10,19-20,22H2,1H3. The first-order valence-electron chi connectivity index (χ1n) is 15.3. The lowest BCUT2D eigenvalue weighted by atomic mass is 9.98. The van der Waals surface area contributed by atoms with Crippen LogP contribution in [-0.4, -0.2) is 59.7 Å². The Kier molecular flexibility index (Phi) is 13.2. The van der Waals surface area contributed by atoms with Gasteiger partial charge in [0.05, 0.1) is 18.9 Å². The van der Waals surface area contributed by atoms with Crippen molar-refractivity contribution in [2.45, 2.75) is 88.2 Å². The van der Waals surface area contributed by atoms with Crippen molar-refractivity contribution in [2.75, 3.05) is 19.8 Å². The topological polar surface area (TPSA) is 44.2 Å². The molecule has 1 heterocycles. The Bertz CT molecular complexity index is 1430. The highest BCUT2D eigenvalue weighted by molar-refractivity contribution is 5.64. The number of ether oxygens (including phenoxy) is 2. The number of aryl methyl sites for hydroxylation is 1.